The summed E-state index contributed by atoms with van der Waals surface area (Å²) in [6.07, 6.45) is 20.8. The molecule has 0 aliphatic carbocycles. The van der Waals surface area contributed by atoms with Gasteiger partial charge in [-0.1, -0.05) is 96.8 Å². The van der Waals surface area contributed by atoms with Crippen molar-refractivity contribution in [3.05, 3.63) is 0 Å². The Kier molecular flexibility index (Phi) is 48.1. The predicted octanol–water partition coefficient (Wildman–Crippen LogP) is 4.73. The van der Waals surface area contributed by atoms with Crippen LogP contribution < -0.4 is 11.5 Å². The van der Waals surface area contributed by atoms with Gasteiger partial charge in [-0.05, 0) is 6.42 Å². The summed E-state index contributed by atoms with van der Waals surface area (Å²) in [5, 5.41) is 22.2. The molecule has 9 nitrogen and oxygen atoms in total. The molecule has 1 atom stereocenters. The van der Waals surface area contributed by atoms with Crippen LogP contribution in [0.2, 0.25) is 0 Å². The molecular weight excluding hydrogens is 475 g/mol. The zero-order valence-electron chi connectivity index (χ0n) is 22.7. The molecule has 0 spiro atoms. The first-order chi connectivity index (χ1) is 16.4. The van der Waals surface area contributed by atoms with E-state index in [0.717, 1.165) is 33.6 Å². The molecule has 0 saturated heterocycles. The number of carbonyl (C=O) groups excluding carboxylic acids is 1. The SMILES string of the molecule is CC(=O)O.CC(=O)O.CC(=O)O.CCCCCCCCCCCCCCCCCC(=O)C(N)CN.[NaH]. The van der Waals surface area contributed by atoms with Crippen molar-refractivity contribution in [3.63, 3.8) is 0 Å². The Morgan fingerprint density at radius 3 is 1.03 bits per heavy atom. The average molecular weight is 531 g/mol. The van der Waals surface area contributed by atoms with Gasteiger partial charge in [0.05, 0.1) is 6.04 Å². The van der Waals surface area contributed by atoms with Crippen molar-refractivity contribution in [1.29, 1.82) is 0 Å². The summed E-state index contributed by atoms with van der Waals surface area (Å²) in [6, 6.07) is -0.443. The molecule has 10 heteroatoms. The fourth-order valence-corrected chi connectivity index (χ4v) is 2.99. The molecule has 0 rings (SSSR count). The summed E-state index contributed by atoms with van der Waals surface area (Å²) < 4.78 is 0. The number of ketones is 1. The van der Waals surface area contributed by atoms with E-state index in [2.05, 4.69) is 6.92 Å². The molecule has 0 aromatic rings. The maximum absolute atomic E-state index is 11.5. The van der Waals surface area contributed by atoms with Gasteiger partial charge < -0.3 is 26.8 Å². The molecule has 36 heavy (non-hydrogen) atoms. The molecule has 0 fully saturated rings. The van der Waals surface area contributed by atoms with Crippen molar-refractivity contribution in [2.75, 3.05) is 6.54 Å². The Balaban J connectivity index is -0.000000204. The maximum atomic E-state index is 11.5. The Morgan fingerprint density at radius 1 is 0.583 bits per heavy atom. The van der Waals surface area contributed by atoms with Crippen LogP contribution in [0.25, 0.3) is 0 Å². The topological polar surface area (TPSA) is 181 Å². The Hall–Kier alpha value is -1.000. The fourth-order valence-electron chi connectivity index (χ4n) is 2.99. The van der Waals surface area contributed by atoms with E-state index in [1.165, 1.54) is 83.5 Å². The molecule has 212 valence electrons. The average Bonchev–Trinajstić information content (AvgIpc) is 2.74. The molecular formula is C26H55N2NaO7. The molecule has 0 aromatic carbocycles. The number of rotatable bonds is 18. The predicted molar refractivity (Wildman–Crippen MR) is 149 cm³/mol. The number of carboxylic acids is 3. The van der Waals surface area contributed by atoms with Crippen LogP contribution >= 0.6 is 0 Å². The molecule has 0 bridgehead atoms. The molecule has 0 aliphatic heterocycles. The zero-order chi connectivity index (χ0) is 27.9. The third-order valence-corrected chi connectivity index (χ3v) is 4.69. The first-order valence-electron chi connectivity index (χ1n) is 13.0. The summed E-state index contributed by atoms with van der Waals surface area (Å²) >= 11 is 0. The van der Waals surface area contributed by atoms with Crippen molar-refractivity contribution in [3.8, 4) is 0 Å². The van der Waals surface area contributed by atoms with Gasteiger partial charge in [-0.2, -0.15) is 0 Å². The molecule has 1 unspecified atom stereocenters. The van der Waals surface area contributed by atoms with E-state index in [1.807, 2.05) is 0 Å². The van der Waals surface area contributed by atoms with Crippen LogP contribution in [0.15, 0.2) is 0 Å². The van der Waals surface area contributed by atoms with Gasteiger partial charge in [0.25, 0.3) is 17.9 Å². The molecule has 0 radical (unpaired) electrons. The Labute approximate surface area is 241 Å². The van der Waals surface area contributed by atoms with Crippen LogP contribution in [-0.4, -0.2) is 81.2 Å². The van der Waals surface area contributed by atoms with Crippen molar-refractivity contribution in [1.82, 2.24) is 0 Å². The zero-order valence-corrected chi connectivity index (χ0v) is 22.7. The minimum absolute atomic E-state index is 0. The van der Waals surface area contributed by atoms with Gasteiger partial charge in [0.2, 0.25) is 0 Å². The van der Waals surface area contributed by atoms with E-state index < -0.39 is 23.9 Å². The van der Waals surface area contributed by atoms with Crippen molar-refractivity contribution < 1.29 is 34.5 Å². The molecule has 0 saturated carbocycles. The number of hydrogen-bond acceptors (Lipinski definition) is 6. The Morgan fingerprint density at radius 2 is 0.806 bits per heavy atom. The van der Waals surface area contributed by atoms with Gasteiger partial charge in [-0.15, -0.1) is 0 Å². The fraction of sp³-hybridized carbons (Fsp3) is 0.846. The van der Waals surface area contributed by atoms with E-state index in [1.54, 1.807) is 0 Å². The number of Topliss-reactive ketones (excluding diaryl/α,β-unsaturated/α-hetero) is 1. The normalized spacial score (nSPS) is 10.1. The van der Waals surface area contributed by atoms with Crippen molar-refractivity contribution in [2.24, 2.45) is 11.5 Å². The van der Waals surface area contributed by atoms with Crippen LogP contribution in [0.5, 0.6) is 0 Å². The molecule has 0 heterocycles. The number of aliphatic carboxylic acids is 3. The van der Waals surface area contributed by atoms with Gasteiger partial charge in [0.1, 0.15) is 0 Å². The number of carboxylic acid groups (broad SMARTS) is 3. The molecule has 0 aliphatic rings. The van der Waals surface area contributed by atoms with Gasteiger partial charge >= 0.3 is 29.6 Å². The van der Waals surface area contributed by atoms with Crippen LogP contribution in [-0.2, 0) is 19.2 Å². The van der Waals surface area contributed by atoms with Crippen molar-refractivity contribution >= 4 is 53.2 Å². The van der Waals surface area contributed by atoms with E-state index >= 15 is 0 Å². The summed E-state index contributed by atoms with van der Waals surface area (Å²) in [5.74, 6) is -2.37. The standard InChI is InChI=1S/C20H42N2O.3C2H4O2.Na.H/c1-2-3-4-5-6-7-8-9-10-11-12-13-14-15-16-17-20(23)19(22)18-21;3*1-2(3)4;;/h19H,2-18,21-22H2,1H3;3*1H3,(H,3,4);;. The second kappa shape index (κ2) is 38.5. The third kappa shape index (κ3) is 69.8. The van der Waals surface area contributed by atoms with Crippen LogP contribution in [0.1, 0.15) is 130 Å². The summed E-state index contributed by atoms with van der Waals surface area (Å²) in [7, 11) is 0. The van der Waals surface area contributed by atoms with Gasteiger partial charge in [0.15, 0.2) is 5.78 Å². The summed E-state index contributed by atoms with van der Waals surface area (Å²) in [6.45, 7) is 5.80. The number of hydrogen-bond donors (Lipinski definition) is 5. The van der Waals surface area contributed by atoms with Gasteiger partial charge in [-0.3, -0.25) is 19.2 Å². The molecule has 0 aromatic heterocycles. The number of carbonyl (C=O) groups is 4. The van der Waals surface area contributed by atoms with Crippen LogP contribution in [0, 0.1) is 0 Å². The summed E-state index contributed by atoms with van der Waals surface area (Å²) in [4.78, 5) is 38.5. The van der Waals surface area contributed by atoms with Crippen molar-refractivity contribution in [2.45, 2.75) is 136 Å². The molecule has 0 amide bonds. The second-order valence-electron chi connectivity index (χ2n) is 8.57. The van der Waals surface area contributed by atoms with Gasteiger partial charge in [0, 0.05) is 33.7 Å². The van der Waals surface area contributed by atoms with E-state index in [9.17, 15) is 4.79 Å². The first-order valence-corrected chi connectivity index (χ1v) is 13.0. The number of nitrogens with two attached hydrogens (primary N) is 2. The Bertz CT molecular complexity index is 466. The van der Waals surface area contributed by atoms with E-state index in [4.69, 9.17) is 41.2 Å². The third-order valence-electron chi connectivity index (χ3n) is 4.69. The van der Waals surface area contributed by atoms with E-state index in [-0.39, 0.29) is 41.9 Å². The number of unbranched alkanes of at least 4 members (excludes halogenated alkanes) is 14. The summed E-state index contributed by atoms with van der Waals surface area (Å²) in [5.41, 5.74) is 11.0. The van der Waals surface area contributed by atoms with E-state index in [0.29, 0.717) is 6.42 Å². The molecule has 7 N–H and O–H groups in total. The van der Waals surface area contributed by atoms with Gasteiger partial charge in [-0.25, -0.2) is 0 Å². The quantitative estimate of drug-likeness (QED) is 0.124. The second-order valence-corrected chi connectivity index (χ2v) is 8.57. The van der Waals surface area contributed by atoms with Crippen LogP contribution in [0.3, 0.4) is 0 Å². The minimum atomic E-state index is -0.833. The first kappa shape index (κ1) is 45.0. The monoisotopic (exact) mass is 530 g/mol. The van der Waals surface area contributed by atoms with Crippen LogP contribution in [0.4, 0.5) is 0 Å².